The fourth-order valence-corrected chi connectivity index (χ4v) is 3.03. The molecule has 0 radical (unpaired) electrons. The first-order valence-electron chi connectivity index (χ1n) is 8.06. The number of esters is 1. The average Bonchev–Trinajstić information content (AvgIpc) is 3.40. The highest BCUT2D eigenvalue weighted by Crippen LogP contribution is 2.30. The zero-order chi connectivity index (χ0) is 18.5. The minimum atomic E-state index is -0.512. The molecule has 2 amide bonds. The highest BCUT2D eigenvalue weighted by Gasteiger charge is 2.29. The third kappa shape index (κ3) is 4.60. The van der Waals surface area contributed by atoms with Crippen molar-refractivity contribution in [2.75, 3.05) is 24.4 Å². The molecule has 1 aromatic heterocycles. The first kappa shape index (κ1) is 17.9. The fraction of sp³-hybridized carbons (Fsp3) is 0.278. The molecule has 0 atom stereocenters. The molecule has 1 aliphatic rings. The van der Waals surface area contributed by atoms with Gasteiger partial charge in [-0.1, -0.05) is 6.07 Å². The summed E-state index contributed by atoms with van der Waals surface area (Å²) < 4.78 is 10.1. The maximum absolute atomic E-state index is 12.1. The van der Waals surface area contributed by atoms with Crippen molar-refractivity contribution in [1.82, 2.24) is 0 Å². The molecule has 26 heavy (non-hydrogen) atoms. The van der Waals surface area contributed by atoms with E-state index in [1.165, 1.54) is 18.4 Å². The van der Waals surface area contributed by atoms with E-state index in [1.807, 2.05) is 0 Å². The molecular weight excluding hydrogens is 356 g/mol. The van der Waals surface area contributed by atoms with Crippen molar-refractivity contribution in [1.29, 1.82) is 0 Å². The summed E-state index contributed by atoms with van der Waals surface area (Å²) in [5.74, 6) is -0.326. The number of carbonyl (C=O) groups excluding carboxylic acids is 3. The van der Waals surface area contributed by atoms with Gasteiger partial charge in [0.2, 0.25) is 5.91 Å². The van der Waals surface area contributed by atoms with Crippen molar-refractivity contribution in [3.8, 4) is 5.75 Å². The Bertz CT molecular complexity index is 828. The lowest BCUT2D eigenvalue weighted by Gasteiger charge is -2.09. The second-order valence-electron chi connectivity index (χ2n) is 5.78. The predicted molar refractivity (Wildman–Crippen MR) is 97.6 cm³/mol. The number of amides is 2. The summed E-state index contributed by atoms with van der Waals surface area (Å²) in [6.45, 7) is -0.224. The van der Waals surface area contributed by atoms with E-state index in [0.717, 1.165) is 12.8 Å². The largest absolute Gasteiger partial charge is 0.484 e. The number of methoxy groups -OCH3 is 1. The number of nitrogens with one attached hydrogen (secondary N) is 2. The quantitative estimate of drug-likeness (QED) is 0.727. The summed E-state index contributed by atoms with van der Waals surface area (Å²) in [4.78, 5) is 35.4. The van der Waals surface area contributed by atoms with Gasteiger partial charge < -0.3 is 20.1 Å². The van der Waals surface area contributed by atoms with Gasteiger partial charge in [-0.15, -0.1) is 11.3 Å². The molecule has 7 nitrogen and oxygen atoms in total. The van der Waals surface area contributed by atoms with Gasteiger partial charge in [0.15, 0.2) is 6.61 Å². The molecule has 2 aromatic rings. The molecular formula is C18H18N2O5S. The van der Waals surface area contributed by atoms with Crippen LogP contribution in [0.3, 0.4) is 0 Å². The fourth-order valence-electron chi connectivity index (χ4n) is 2.24. The van der Waals surface area contributed by atoms with Crippen LogP contribution in [0.25, 0.3) is 0 Å². The van der Waals surface area contributed by atoms with Crippen LogP contribution in [0.5, 0.6) is 5.75 Å². The zero-order valence-electron chi connectivity index (χ0n) is 14.1. The number of ether oxygens (including phenoxy) is 2. The minimum absolute atomic E-state index is 0.00734. The number of hydrogen-bond acceptors (Lipinski definition) is 6. The highest BCUT2D eigenvalue weighted by atomic mass is 32.1. The van der Waals surface area contributed by atoms with Crippen LogP contribution in [0.4, 0.5) is 10.7 Å². The number of benzene rings is 1. The molecule has 0 saturated heterocycles. The molecule has 1 fully saturated rings. The van der Waals surface area contributed by atoms with Crippen LogP contribution in [0.1, 0.15) is 23.2 Å². The smallest absolute Gasteiger partial charge is 0.340 e. The summed E-state index contributed by atoms with van der Waals surface area (Å²) >= 11 is 1.23. The Hall–Kier alpha value is -2.87. The standard InChI is InChI=1S/C18H18N2O5S/c1-24-18(23)14-7-8-26-17(14)20-15(21)10-25-13-4-2-3-12(9-13)19-16(22)11-5-6-11/h2-4,7-9,11H,5-6,10H2,1H3,(H,19,22)(H,20,21). The number of anilines is 2. The van der Waals surface area contributed by atoms with Gasteiger partial charge in [-0.05, 0) is 36.4 Å². The van der Waals surface area contributed by atoms with Gasteiger partial charge in [-0.2, -0.15) is 0 Å². The minimum Gasteiger partial charge on any atom is -0.484 e. The first-order valence-corrected chi connectivity index (χ1v) is 8.94. The van der Waals surface area contributed by atoms with Gasteiger partial charge in [-0.3, -0.25) is 9.59 Å². The Morgan fingerprint density at radius 1 is 1.19 bits per heavy atom. The lowest BCUT2D eigenvalue weighted by atomic mass is 10.3. The normalized spacial score (nSPS) is 13.0. The van der Waals surface area contributed by atoms with Crippen LogP contribution in [-0.4, -0.2) is 31.5 Å². The second-order valence-corrected chi connectivity index (χ2v) is 6.70. The van der Waals surface area contributed by atoms with Crippen LogP contribution in [0.15, 0.2) is 35.7 Å². The number of rotatable bonds is 7. The molecule has 3 rings (SSSR count). The Labute approximate surface area is 154 Å². The van der Waals surface area contributed by atoms with Crippen molar-refractivity contribution in [3.63, 3.8) is 0 Å². The van der Waals surface area contributed by atoms with Gasteiger partial charge in [0.05, 0.1) is 12.7 Å². The highest BCUT2D eigenvalue weighted by molar-refractivity contribution is 7.14. The Morgan fingerprint density at radius 3 is 2.73 bits per heavy atom. The van der Waals surface area contributed by atoms with Gasteiger partial charge in [0, 0.05) is 17.7 Å². The molecule has 136 valence electrons. The molecule has 2 N–H and O–H groups in total. The van der Waals surface area contributed by atoms with E-state index in [2.05, 4.69) is 15.4 Å². The monoisotopic (exact) mass is 374 g/mol. The van der Waals surface area contributed by atoms with E-state index in [1.54, 1.807) is 35.7 Å². The van der Waals surface area contributed by atoms with Crippen LogP contribution < -0.4 is 15.4 Å². The maximum Gasteiger partial charge on any atom is 0.340 e. The molecule has 0 spiro atoms. The maximum atomic E-state index is 12.1. The topological polar surface area (TPSA) is 93.7 Å². The third-order valence-corrected chi connectivity index (χ3v) is 4.57. The third-order valence-electron chi connectivity index (χ3n) is 3.74. The van der Waals surface area contributed by atoms with E-state index >= 15 is 0 Å². The number of hydrogen-bond donors (Lipinski definition) is 2. The van der Waals surface area contributed by atoms with E-state index in [4.69, 9.17) is 4.74 Å². The Balaban J connectivity index is 1.54. The van der Waals surface area contributed by atoms with Crippen molar-refractivity contribution < 1.29 is 23.9 Å². The van der Waals surface area contributed by atoms with Gasteiger partial charge in [0.1, 0.15) is 10.8 Å². The first-order chi connectivity index (χ1) is 12.6. The molecule has 8 heteroatoms. The lowest BCUT2D eigenvalue weighted by molar-refractivity contribution is -0.118. The molecule has 1 heterocycles. The number of thiophene rings is 1. The van der Waals surface area contributed by atoms with E-state index in [0.29, 0.717) is 22.0 Å². The van der Waals surface area contributed by atoms with Gasteiger partial charge in [0.25, 0.3) is 5.91 Å². The van der Waals surface area contributed by atoms with E-state index < -0.39 is 11.9 Å². The summed E-state index contributed by atoms with van der Waals surface area (Å²) in [5, 5.41) is 7.56. The van der Waals surface area contributed by atoms with Crippen LogP contribution in [-0.2, 0) is 14.3 Å². The van der Waals surface area contributed by atoms with Crippen molar-refractivity contribution >= 4 is 39.8 Å². The van der Waals surface area contributed by atoms with Crippen molar-refractivity contribution in [2.45, 2.75) is 12.8 Å². The summed E-state index contributed by atoms with van der Waals surface area (Å²) in [6.07, 6.45) is 1.86. The molecule has 0 aliphatic heterocycles. The van der Waals surface area contributed by atoms with E-state index in [-0.39, 0.29) is 18.4 Å². The Kier molecular flexibility index (Phi) is 5.52. The number of carbonyl (C=O) groups is 3. The summed E-state index contributed by atoms with van der Waals surface area (Å²) in [6, 6.07) is 8.45. The SMILES string of the molecule is COC(=O)c1ccsc1NC(=O)COc1cccc(NC(=O)C2CC2)c1. The van der Waals surface area contributed by atoms with Crippen LogP contribution >= 0.6 is 11.3 Å². The van der Waals surface area contributed by atoms with E-state index in [9.17, 15) is 14.4 Å². The lowest BCUT2D eigenvalue weighted by Crippen LogP contribution is -2.21. The van der Waals surface area contributed by atoms with Crippen LogP contribution in [0.2, 0.25) is 0 Å². The average molecular weight is 374 g/mol. The van der Waals surface area contributed by atoms with Crippen molar-refractivity contribution in [2.24, 2.45) is 5.92 Å². The molecule has 1 aliphatic carbocycles. The molecule has 1 aromatic carbocycles. The zero-order valence-corrected chi connectivity index (χ0v) is 14.9. The molecule has 1 saturated carbocycles. The second kappa shape index (κ2) is 8.01. The molecule has 0 bridgehead atoms. The predicted octanol–water partition coefficient (Wildman–Crippen LogP) is 2.90. The van der Waals surface area contributed by atoms with Crippen LogP contribution in [0, 0.1) is 5.92 Å². The van der Waals surface area contributed by atoms with Gasteiger partial charge >= 0.3 is 5.97 Å². The summed E-state index contributed by atoms with van der Waals surface area (Å²) in [5.41, 5.74) is 0.932. The van der Waals surface area contributed by atoms with Gasteiger partial charge in [-0.25, -0.2) is 4.79 Å². The van der Waals surface area contributed by atoms with Crippen molar-refractivity contribution in [3.05, 3.63) is 41.3 Å². The Morgan fingerprint density at radius 2 is 2.00 bits per heavy atom. The molecule has 0 unspecified atom stereocenters. The summed E-state index contributed by atoms with van der Waals surface area (Å²) in [7, 11) is 1.28.